The van der Waals surface area contributed by atoms with Crippen LogP contribution in [0.5, 0.6) is 0 Å². The highest BCUT2D eigenvalue weighted by Crippen LogP contribution is 2.31. The normalized spacial score (nSPS) is 24.8. The van der Waals surface area contributed by atoms with Gasteiger partial charge in [-0.2, -0.15) is 11.8 Å². The zero-order valence-corrected chi connectivity index (χ0v) is 10.6. The molecule has 3 nitrogen and oxygen atoms in total. The summed E-state index contributed by atoms with van der Waals surface area (Å²) in [6.07, 6.45) is 1.42. The summed E-state index contributed by atoms with van der Waals surface area (Å²) in [4.78, 5) is 12.3. The summed E-state index contributed by atoms with van der Waals surface area (Å²) >= 11 is 3.23. The highest BCUT2D eigenvalue weighted by Gasteiger charge is 2.24. The molecule has 0 amide bonds. The van der Waals surface area contributed by atoms with Crippen LogP contribution >= 0.6 is 23.1 Å². The van der Waals surface area contributed by atoms with E-state index >= 15 is 0 Å². The molecule has 2 heterocycles. The lowest BCUT2D eigenvalue weighted by molar-refractivity contribution is 0.0702. The van der Waals surface area contributed by atoms with Crippen LogP contribution in [-0.4, -0.2) is 29.0 Å². The molecule has 2 rings (SSSR count). The average Bonchev–Trinajstić information content (AvgIpc) is 2.83. The predicted molar refractivity (Wildman–Crippen MR) is 66.4 cm³/mol. The highest BCUT2D eigenvalue weighted by molar-refractivity contribution is 7.99. The van der Waals surface area contributed by atoms with Gasteiger partial charge in [-0.3, -0.25) is 0 Å². The minimum atomic E-state index is -0.834. The highest BCUT2D eigenvalue weighted by atomic mass is 32.2. The van der Waals surface area contributed by atoms with Gasteiger partial charge in [-0.05, 0) is 25.5 Å². The van der Waals surface area contributed by atoms with Crippen molar-refractivity contribution in [1.82, 2.24) is 0 Å². The summed E-state index contributed by atoms with van der Waals surface area (Å²) in [6.45, 7) is 2.95. The third-order valence-corrected chi connectivity index (χ3v) is 5.40. The molecule has 0 saturated carbocycles. The minimum absolute atomic E-state index is 0.323. The van der Waals surface area contributed by atoms with Crippen LogP contribution < -0.4 is 0 Å². The molecule has 1 aromatic heterocycles. The van der Waals surface area contributed by atoms with Crippen molar-refractivity contribution in [2.24, 2.45) is 0 Å². The first-order chi connectivity index (χ1) is 7.66. The number of hydrogen-bond acceptors (Lipinski definition) is 4. The molecule has 1 aliphatic rings. The topological polar surface area (TPSA) is 46.5 Å². The van der Waals surface area contributed by atoms with Crippen molar-refractivity contribution in [1.29, 1.82) is 0 Å². The van der Waals surface area contributed by atoms with E-state index in [2.05, 4.69) is 6.92 Å². The Morgan fingerprint density at radius 1 is 1.69 bits per heavy atom. The molecule has 0 aromatic carbocycles. The lowest BCUT2D eigenvalue weighted by Gasteiger charge is -2.12. The zero-order valence-electron chi connectivity index (χ0n) is 9.01. The Bertz CT molecular complexity index is 375. The average molecular weight is 258 g/mol. The lowest BCUT2D eigenvalue weighted by atomic mass is 10.3. The summed E-state index contributed by atoms with van der Waals surface area (Å²) in [5.74, 6) is 0.0508. The molecule has 5 heteroatoms. The van der Waals surface area contributed by atoms with E-state index in [0.717, 1.165) is 23.7 Å². The fourth-order valence-corrected chi connectivity index (χ4v) is 3.86. The van der Waals surface area contributed by atoms with Crippen molar-refractivity contribution in [3.05, 3.63) is 21.9 Å². The van der Waals surface area contributed by atoms with Crippen LogP contribution in [0.4, 0.5) is 0 Å². The van der Waals surface area contributed by atoms with E-state index in [1.807, 2.05) is 17.8 Å². The maximum absolute atomic E-state index is 10.7. The zero-order chi connectivity index (χ0) is 11.5. The van der Waals surface area contributed by atoms with Crippen LogP contribution in [-0.2, 0) is 10.5 Å². The molecule has 1 aromatic rings. The molecule has 16 heavy (non-hydrogen) atoms. The number of carboxylic acid groups (broad SMARTS) is 1. The summed E-state index contributed by atoms with van der Waals surface area (Å²) < 4.78 is 5.49. The summed E-state index contributed by atoms with van der Waals surface area (Å²) in [5.41, 5.74) is 0. The van der Waals surface area contributed by atoms with Crippen molar-refractivity contribution < 1.29 is 14.6 Å². The van der Waals surface area contributed by atoms with Gasteiger partial charge >= 0.3 is 5.97 Å². The standard InChI is InChI=1S/C11H14O3S2/c1-7-9(4-5-14-7)15-6-8-2-3-10(16-8)11(12)13/h2-3,7,9H,4-6H2,1H3,(H,12,13). The van der Waals surface area contributed by atoms with E-state index in [-0.39, 0.29) is 0 Å². The van der Waals surface area contributed by atoms with Gasteiger partial charge in [0.2, 0.25) is 0 Å². The third kappa shape index (κ3) is 2.78. The molecule has 1 aliphatic heterocycles. The van der Waals surface area contributed by atoms with E-state index in [1.165, 1.54) is 11.3 Å². The SMILES string of the molecule is CC1OCCC1SCc1ccc(C(=O)O)s1. The van der Waals surface area contributed by atoms with Gasteiger partial charge in [0.1, 0.15) is 4.88 Å². The van der Waals surface area contributed by atoms with Crippen LogP contribution in [0.3, 0.4) is 0 Å². The molecule has 0 radical (unpaired) electrons. The van der Waals surface area contributed by atoms with Gasteiger partial charge in [0, 0.05) is 22.5 Å². The number of thiophene rings is 1. The molecule has 1 saturated heterocycles. The number of carbonyl (C=O) groups is 1. The maximum Gasteiger partial charge on any atom is 0.345 e. The second-order valence-corrected chi connectivity index (χ2v) is 6.18. The second kappa shape index (κ2) is 5.21. The Morgan fingerprint density at radius 3 is 3.06 bits per heavy atom. The number of thioether (sulfide) groups is 1. The van der Waals surface area contributed by atoms with Crippen molar-refractivity contribution >= 4 is 29.1 Å². The number of hydrogen-bond donors (Lipinski definition) is 1. The van der Waals surface area contributed by atoms with E-state index in [4.69, 9.17) is 9.84 Å². The number of ether oxygens (including phenoxy) is 1. The van der Waals surface area contributed by atoms with Crippen molar-refractivity contribution in [2.75, 3.05) is 6.61 Å². The van der Waals surface area contributed by atoms with E-state index in [9.17, 15) is 4.79 Å². The molecular weight excluding hydrogens is 244 g/mol. The van der Waals surface area contributed by atoms with Gasteiger partial charge < -0.3 is 9.84 Å². The monoisotopic (exact) mass is 258 g/mol. The first kappa shape index (κ1) is 12.0. The molecule has 88 valence electrons. The molecule has 2 unspecified atom stereocenters. The van der Waals surface area contributed by atoms with E-state index < -0.39 is 5.97 Å². The predicted octanol–water partition coefficient (Wildman–Crippen LogP) is 2.86. The Hall–Kier alpha value is -0.520. The second-order valence-electron chi connectivity index (χ2n) is 3.79. The molecule has 1 fully saturated rings. The number of aromatic carboxylic acids is 1. The quantitative estimate of drug-likeness (QED) is 0.902. The molecule has 1 N–H and O–H groups in total. The molecule has 2 atom stereocenters. The summed E-state index contributed by atoms with van der Waals surface area (Å²) in [5, 5.41) is 9.35. The third-order valence-electron chi connectivity index (χ3n) is 2.62. The first-order valence-corrected chi connectivity index (χ1v) is 7.08. The molecule has 0 aliphatic carbocycles. The molecular formula is C11H14O3S2. The Kier molecular flexibility index (Phi) is 3.89. The summed E-state index contributed by atoms with van der Waals surface area (Å²) in [6, 6.07) is 3.58. The Labute approximate surface area is 103 Å². The number of carboxylic acids is 1. The fourth-order valence-electron chi connectivity index (χ4n) is 1.69. The van der Waals surface area contributed by atoms with Crippen molar-refractivity contribution in [3.8, 4) is 0 Å². The first-order valence-electron chi connectivity index (χ1n) is 5.22. The van der Waals surface area contributed by atoms with E-state index in [1.54, 1.807) is 6.07 Å². The van der Waals surface area contributed by atoms with Crippen LogP contribution in [0.2, 0.25) is 0 Å². The van der Waals surface area contributed by atoms with Crippen LogP contribution in [0, 0.1) is 0 Å². The molecule has 0 bridgehead atoms. The number of rotatable bonds is 4. The van der Waals surface area contributed by atoms with Gasteiger partial charge in [-0.15, -0.1) is 11.3 Å². The lowest BCUT2D eigenvalue weighted by Crippen LogP contribution is -2.13. The maximum atomic E-state index is 10.7. The van der Waals surface area contributed by atoms with Gasteiger partial charge in [0.25, 0.3) is 0 Å². The molecule has 0 spiro atoms. The van der Waals surface area contributed by atoms with Crippen LogP contribution in [0.25, 0.3) is 0 Å². The Morgan fingerprint density at radius 2 is 2.50 bits per heavy atom. The van der Waals surface area contributed by atoms with Gasteiger partial charge in [0.15, 0.2) is 0 Å². The smallest absolute Gasteiger partial charge is 0.345 e. The van der Waals surface area contributed by atoms with Gasteiger partial charge in [0.05, 0.1) is 6.10 Å². The van der Waals surface area contributed by atoms with Crippen molar-refractivity contribution in [2.45, 2.75) is 30.5 Å². The van der Waals surface area contributed by atoms with E-state index in [0.29, 0.717) is 16.2 Å². The summed E-state index contributed by atoms with van der Waals surface area (Å²) in [7, 11) is 0. The fraction of sp³-hybridized carbons (Fsp3) is 0.545. The van der Waals surface area contributed by atoms with Gasteiger partial charge in [-0.25, -0.2) is 4.79 Å². The minimum Gasteiger partial charge on any atom is -0.477 e. The van der Waals surface area contributed by atoms with Crippen LogP contribution in [0.1, 0.15) is 27.9 Å². The largest absolute Gasteiger partial charge is 0.477 e. The van der Waals surface area contributed by atoms with Crippen molar-refractivity contribution in [3.63, 3.8) is 0 Å². The van der Waals surface area contributed by atoms with Crippen LogP contribution in [0.15, 0.2) is 12.1 Å². The van der Waals surface area contributed by atoms with Gasteiger partial charge in [-0.1, -0.05) is 0 Å². The Balaban J connectivity index is 1.87.